The van der Waals surface area contributed by atoms with Crippen LogP contribution in [0.1, 0.15) is 53.9 Å². The lowest BCUT2D eigenvalue weighted by atomic mass is 9.95. The Balaban J connectivity index is 1.96. The number of carbonyl (C=O) groups excluding carboxylic acids is 1. The van der Waals surface area contributed by atoms with Gasteiger partial charge in [-0.1, -0.05) is 20.8 Å². The summed E-state index contributed by atoms with van der Waals surface area (Å²) in [6, 6.07) is -0.306. The Morgan fingerprint density at radius 3 is 2.48 bits per heavy atom. The zero-order valence-corrected chi connectivity index (χ0v) is 16.8. The van der Waals surface area contributed by atoms with E-state index in [4.69, 9.17) is 0 Å². The third kappa shape index (κ3) is 3.55. The Hall–Kier alpha value is -1.54. The van der Waals surface area contributed by atoms with Crippen molar-refractivity contribution in [3.63, 3.8) is 0 Å². The molecule has 3 heterocycles. The molecule has 0 unspecified atom stereocenters. The highest BCUT2D eigenvalue weighted by molar-refractivity contribution is 7.91. The summed E-state index contributed by atoms with van der Waals surface area (Å²) in [5, 5.41) is 3.78. The highest BCUT2D eigenvalue weighted by atomic mass is 32.2. The number of fused-ring (bicyclic) bond motifs is 1. The topological polar surface area (TPSA) is 89.0 Å². The van der Waals surface area contributed by atoms with Gasteiger partial charge in [0.2, 0.25) is 0 Å². The normalized spacial score (nSPS) is 20.1. The van der Waals surface area contributed by atoms with E-state index in [0.717, 1.165) is 27.3 Å². The van der Waals surface area contributed by atoms with Crippen LogP contribution >= 0.6 is 11.3 Å². The average Bonchev–Trinajstić information content (AvgIpc) is 2.98. The molecule has 1 aliphatic heterocycles. The van der Waals surface area contributed by atoms with Crippen molar-refractivity contribution in [3.05, 3.63) is 22.0 Å². The zero-order valence-electron chi connectivity index (χ0n) is 15.1. The van der Waals surface area contributed by atoms with Crippen LogP contribution in [0.3, 0.4) is 0 Å². The zero-order chi connectivity index (χ0) is 18.6. The number of rotatable bonds is 2. The van der Waals surface area contributed by atoms with Crippen LogP contribution in [0.15, 0.2) is 0 Å². The number of aromatic nitrogens is 2. The summed E-state index contributed by atoms with van der Waals surface area (Å²) in [4.78, 5) is 23.3. The molecule has 1 amide bonds. The third-order valence-electron chi connectivity index (χ3n) is 4.42. The Morgan fingerprint density at radius 2 is 1.92 bits per heavy atom. The molecule has 0 spiro atoms. The molecule has 25 heavy (non-hydrogen) atoms. The largest absolute Gasteiger partial charge is 0.348 e. The maximum Gasteiger partial charge on any atom is 0.261 e. The molecular weight excluding hydrogens is 358 g/mol. The molecule has 8 heteroatoms. The molecule has 0 aliphatic carbocycles. The summed E-state index contributed by atoms with van der Waals surface area (Å²) >= 11 is 1.35. The van der Waals surface area contributed by atoms with Gasteiger partial charge in [0.15, 0.2) is 9.84 Å². The van der Waals surface area contributed by atoms with Crippen LogP contribution in [0.25, 0.3) is 10.2 Å². The molecule has 136 valence electrons. The van der Waals surface area contributed by atoms with Gasteiger partial charge < -0.3 is 5.32 Å². The average molecular weight is 382 g/mol. The van der Waals surface area contributed by atoms with Crippen molar-refractivity contribution in [3.8, 4) is 0 Å². The van der Waals surface area contributed by atoms with E-state index in [9.17, 15) is 13.2 Å². The van der Waals surface area contributed by atoms with Crippen LogP contribution in [-0.2, 0) is 15.3 Å². The second-order valence-corrected chi connectivity index (χ2v) is 10.9. The Kier molecular flexibility index (Phi) is 4.39. The number of hydrogen-bond donors (Lipinski definition) is 1. The Morgan fingerprint density at radius 1 is 1.24 bits per heavy atom. The molecule has 1 aliphatic rings. The summed E-state index contributed by atoms with van der Waals surface area (Å²) in [7, 11) is -3.02. The second kappa shape index (κ2) is 6.02. The minimum Gasteiger partial charge on any atom is -0.348 e. The molecule has 6 nitrogen and oxygen atoms in total. The van der Waals surface area contributed by atoms with Crippen LogP contribution in [0.5, 0.6) is 0 Å². The first kappa shape index (κ1) is 18.3. The Bertz CT molecular complexity index is 956. The fourth-order valence-corrected chi connectivity index (χ4v) is 5.86. The van der Waals surface area contributed by atoms with Crippen molar-refractivity contribution in [1.82, 2.24) is 15.3 Å². The molecule has 0 radical (unpaired) electrons. The van der Waals surface area contributed by atoms with Gasteiger partial charge in [0.1, 0.15) is 10.7 Å². The molecule has 1 saturated heterocycles. The highest BCUT2D eigenvalue weighted by Gasteiger charge is 2.30. The van der Waals surface area contributed by atoms with E-state index >= 15 is 0 Å². The maximum absolute atomic E-state index is 12.7. The summed E-state index contributed by atoms with van der Waals surface area (Å²) in [5.41, 5.74) is 1.56. The van der Waals surface area contributed by atoms with E-state index in [-0.39, 0.29) is 28.9 Å². The molecule has 0 saturated carbocycles. The van der Waals surface area contributed by atoms with Gasteiger partial charge in [0.25, 0.3) is 5.91 Å². The van der Waals surface area contributed by atoms with Gasteiger partial charge in [-0.05, 0) is 25.8 Å². The van der Waals surface area contributed by atoms with E-state index in [1.54, 1.807) is 0 Å². The van der Waals surface area contributed by atoms with Crippen LogP contribution in [0.2, 0.25) is 0 Å². The first-order valence-corrected chi connectivity index (χ1v) is 10.9. The maximum atomic E-state index is 12.7. The second-order valence-electron chi connectivity index (χ2n) is 7.69. The third-order valence-corrected chi connectivity index (χ3v) is 7.37. The SMILES string of the molecule is Cc1nc(C(C)(C)C)nc2sc(C(=O)N[C@@H]3CCS(=O)(=O)C3)c(C)c12. The van der Waals surface area contributed by atoms with Crippen LogP contribution in [0.4, 0.5) is 0 Å². The number of sulfone groups is 1. The molecule has 1 atom stereocenters. The van der Waals surface area contributed by atoms with Crippen molar-refractivity contribution in [2.24, 2.45) is 0 Å². The minimum atomic E-state index is -3.02. The van der Waals surface area contributed by atoms with E-state index in [2.05, 4.69) is 36.1 Å². The van der Waals surface area contributed by atoms with E-state index in [1.165, 1.54) is 11.3 Å². The standard InChI is InChI=1S/C17H23N3O3S2/c1-9-12-10(2)18-16(17(3,4)5)20-15(12)24-13(9)14(21)19-11-6-7-25(22,23)8-11/h11H,6-8H2,1-5H3,(H,19,21)/t11-/m1/s1. The first-order chi connectivity index (χ1) is 11.5. The van der Waals surface area contributed by atoms with Gasteiger partial charge in [0, 0.05) is 16.8 Å². The van der Waals surface area contributed by atoms with Crippen molar-refractivity contribution in [1.29, 1.82) is 0 Å². The molecule has 0 bridgehead atoms. The van der Waals surface area contributed by atoms with E-state index in [1.807, 2.05) is 13.8 Å². The van der Waals surface area contributed by atoms with Gasteiger partial charge in [0.05, 0.1) is 22.1 Å². The van der Waals surface area contributed by atoms with Gasteiger partial charge in [-0.3, -0.25) is 4.79 Å². The van der Waals surface area contributed by atoms with Crippen molar-refractivity contribution in [2.45, 2.75) is 52.5 Å². The van der Waals surface area contributed by atoms with E-state index < -0.39 is 9.84 Å². The van der Waals surface area contributed by atoms with Crippen molar-refractivity contribution in [2.75, 3.05) is 11.5 Å². The van der Waals surface area contributed by atoms with Crippen LogP contribution < -0.4 is 5.32 Å². The lowest BCUT2D eigenvalue weighted by Gasteiger charge is -2.16. The fraction of sp³-hybridized carbons (Fsp3) is 0.588. The van der Waals surface area contributed by atoms with Gasteiger partial charge in [-0.2, -0.15) is 0 Å². The molecule has 2 aromatic heterocycles. The van der Waals surface area contributed by atoms with Crippen LogP contribution in [-0.4, -0.2) is 41.8 Å². The number of amides is 1. The molecule has 1 fully saturated rings. The Labute approximate surface area is 152 Å². The number of nitrogens with zero attached hydrogens (tertiary/aromatic N) is 2. The molecule has 2 aromatic rings. The predicted molar refractivity (Wildman–Crippen MR) is 100 cm³/mol. The number of nitrogens with one attached hydrogen (secondary N) is 1. The quantitative estimate of drug-likeness (QED) is 0.863. The molecular formula is C17H23N3O3S2. The van der Waals surface area contributed by atoms with Gasteiger partial charge >= 0.3 is 0 Å². The van der Waals surface area contributed by atoms with Crippen molar-refractivity contribution >= 4 is 37.3 Å². The predicted octanol–water partition coefficient (Wildman–Crippen LogP) is 2.52. The highest BCUT2D eigenvalue weighted by Crippen LogP contribution is 2.33. The number of thiophene rings is 1. The fourth-order valence-electron chi connectivity index (χ4n) is 3.05. The smallest absolute Gasteiger partial charge is 0.261 e. The first-order valence-electron chi connectivity index (χ1n) is 8.27. The lowest BCUT2D eigenvalue weighted by molar-refractivity contribution is 0.0945. The molecule has 3 rings (SSSR count). The molecule has 1 N–H and O–H groups in total. The number of hydrogen-bond acceptors (Lipinski definition) is 6. The minimum absolute atomic E-state index is 0.0235. The summed E-state index contributed by atoms with van der Waals surface area (Å²) < 4.78 is 23.2. The summed E-state index contributed by atoms with van der Waals surface area (Å²) in [6.45, 7) is 10.0. The van der Waals surface area contributed by atoms with Crippen LogP contribution in [0, 0.1) is 13.8 Å². The van der Waals surface area contributed by atoms with E-state index in [0.29, 0.717) is 11.3 Å². The molecule has 0 aromatic carbocycles. The van der Waals surface area contributed by atoms with Crippen molar-refractivity contribution < 1.29 is 13.2 Å². The summed E-state index contributed by atoms with van der Waals surface area (Å²) in [5.74, 6) is 0.699. The number of carbonyl (C=O) groups is 1. The van der Waals surface area contributed by atoms with Gasteiger partial charge in [-0.15, -0.1) is 11.3 Å². The summed E-state index contributed by atoms with van der Waals surface area (Å²) in [6.07, 6.45) is 0.477. The van der Waals surface area contributed by atoms with Gasteiger partial charge in [-0.25, -0.2) is 18.4 Å². The lowest BCUT2D eigenvalue weighted by Crippen LogP contribution is -2.35. The number of aryl methyl sites for hydroxylation is 2. The monoisotopic (exact) mass is 381 g/mol.